The number of amides is 1. The Morgan fingerprint density at radius 1 is 1.20 bits per heavy atom. The van der Waals surface area contributed by atoms with E-state index in [0.29, 0.717) is 0 Å². The molecule has 0 aliphatic rings. The molecule has 0 aromatic heterocycles. The fourth-order valence-electron chi connectivity index (χ4n) is 1.62. The number of hydrogen-bond acceptors (Lipinski definition) is 3. The molecule has 0 radical (unpaired) electrons. The maximum Gasteiger partial charge on any atom is 0.258 e. The van der Waals surface area contributed by atoms with Gasteiger partial charge in [0.25, 0.3) is 5.91 Å². The topological polar surface area (TPSA) is 78.9 Å². The van der Waals surface area contributed by atoms with Crippen LogP contribution in [0, 0.1) is 23.0 Å². The number of anilines is 2. The van der Waals surface area contributed by atoms with Gasteiger partial charge >= 0.3 is 0 Å². The molecular formula is C14H9F2N3O. The molecule has 6 heteroatoms. The van der Waals surface area contributed by atoms with E-state index in [2.05, 4.69) is 5.32 Å². The van der Waals surface area contributed by atoms with Gasteiger partial charge in [0, 0.05) is 5.69 Å². The van der Waals surface area contributed by atoms with E-state index in [4.69, 9.17) is 11.0 Å². The number of nitrogens with two attached hydrogens (primary N) is 1. The molecule has 100 valence electrons. The Balaban J connectivity index is 2.33. The Morgan fingerprint density at radius 2 is 1.95 bits per heavy atom. The molecule has 1 amide bonds. The third-order valence-electron chi connectivity index (χ3n) is 2.59. The Kier molecular flexibility index (Phi) is 3.62. The van der Waals surface area contributed by atoms with E-state index in [1.54, 1.807) is 6.07 Å². The summed E-state index contributed by atoms with van der Waals surface area (Å²) in [6.07, 6.45) is 0. The highest BCUT2D eigenvalue weighted by molar-refractivity contribution is 6.05. The van der Waals surface area contributed by atoms with E-state index in [1.807, 2.05) is 0 Å². The standard InChI is InChI=1S/C14H9F2N3O/c15-9-1-4-13(8(5-9)7-17)19-14(20)11-6-10(18)2-3-12(11)16/h1-6H,18H2,(H,19,20). The van der Waals surface area contributed by atoms with Gasteiger partial charge in [-0.3, -0.25) is 4.79 Å². The average Bonchev–Trinajstić information content (AvgIpc) is 2.43. The van der Waals surface area contributed by atoms with Gasteiger partial charge in [0.05, 0.1) is 16.8 Å². The van der Waals surface area contributed by atoms with Crippen LogP contribution in [-0.4, -0.2) is 5.91 Å². The van der Waals surface area contributed by atoms with Gasteiger partial charge < -0.3 is 11.1 Å². The van der Waals surface area contributed by atoms with Crippen molar-refractivity contribution in [3.8, 4) is 6.07 Å². The zero-order valence-corrected chi connectivity index (χ0v) is 10.2. The first-order valence-electron chi connectivity index (χ1n) is 5.57. The minimum atomic E-state index is -0.766. The molecule has 2 aromatic carbocycles. The predicted molar refractivity (Wildman–Crippen MR) is 69.9 cm³/mol. The second-order valence-corrected chi connectivity index (χ2v) is 4.00. The Bertz CT molecular complexity index is 723. The SMILES string of the molecule is N#Cc1cc(F)ccc1NC(=O)c1cc(N)ccc1F. The molecule has 2 aromatic rings. The first kappa shape index (κ1) is 13.5. The van der Waals surface area contributed by atoms with Gasteiger partial charge in [0.15, 0.2) is 0 Å². The number of rotatable bonds is 2. The van der Waals surface area contributed by atoms with E-state index in [9.17, 15) is 13.6 Å². The molecule has 2 rings (SSSR count). The largest absolute Gasteiger partial charge is 0.399 e. The van der Waals surface area contributed by atoms with Crippen molar-refractivity contribution in [1.29, 1.82) is 5.26 Å². The zero-order valence-electron chi connectivity index (χ0n) is 10.2. The van der Waals surface area contributed by atoms with Crippen LogP contribution in [0.3, 0.4) is 0 Å². The number of halogens is 2. The van der Waals surface area contributed by atoms with E-state index >= 15 is 0 Å². The first-order chi connectivity index (χ1) is 9.51. The summed E-state index contributed by atoms with van der Waals surface area (Å²) in [5, 5.41) is 11.2. The van der Waals surface area contributed by atoms with E-state index in [1.165, 1.54) is 18.2 Å². The number of nitrogens with one attached hydrogen (secondary N) is 1. The lowest BCUT2D eigenvalue weighted by Gasteiger charge is -2.08. The highest BCUT2D eigenvalue weighted by atomic mass is 19.1. The maximum absolute atomic E-state index is 13.5. The van der Waals surface area contributed by atoms with Crippen LogP contribution in [-0.2, 0) is 0 Å². The van der Waals surface area contributed by atoms with E-state index < -0.39 is 17.5 Å². The predicted octanol–water partition coefficient (Wildman–Crippen LogP) is 2.67. The van der Waals surface area contributed by atoms with Crippen molar-refractivity contribution in [1.82, 2.24) is 0 Å². The summed E-state index contributed by atoms with van der Waals surface area (Å²) < 4.78 is 26.5. The van der Waals surface area contributed by atoms with Gasteiger partial charge in [-0.15, -0.1) is 0 Å². The summed E-state index contributed by atoms with van der Waals surface area (Å²) in [6.45, 7) is 0. The molecule has 20 heavy (non-hydrogen) atoms. The van der Waals surface area contributed by atoms with Crippen LogP contribution in [0.4, 0.5) is 20.2 Å². The van der Waals surface area contributed by atoms with E-state index in [0.717, 1.165) is 18.2 Å². The van der Waals surface area contributed by atoms with Gasteiger partial charge in [0.1, 0.15) is 17.7 Å². The highest BCUT2D eigenvalue weighted by Crippen LogP contribution is 2.19. The summed E-state index contributed by atoms with van der Waals surface area (Å²) in [5.74, 6) is -2.11. The Morgan fingerprint density at radius 3 is 2.65 bits per heavy atom. The van der Waals surface area contributed by atoms with Crippen molar-refractivity contribution in [2.75, 3.05) is 11.1 Å². The number of carbonyl (C=O) groups is 1. The molecule has 0 saturated heterocycles. The van der Waals surface area contributed by atoms with Crippen LogP contribution >= 0.6 is 0 Å². The van der Waals surface area contributed by atoms with Crippen LogP contribution in [0.2, 0.25) is 0 Å². The van der Waals surface area contributed by atoms with Gasteiger partial charge in [0.2, 0.25) is 0 Å². The highest BCUT2D eigenvalue weighted by Gasteiger charge is 2.14. The summed E-state index contributed by atoms with van der Waals surface area (Å²) in [7, 11) is 0. The molecule has 0 bridgehead atoms. The lowest BCUT2D eigenvalue weighted by Crippen LogP contribution is -2.15. The van der Waals surface area contributed by atoms with Crippen molar-refractivity contribution in [2.45, 2.75) is 0 Å². The molecule has 0 atom stereocenters. The average molecular weight is 273 g/mol. The lowest BCUT2D eigenvalue weighted by molar-refractivity contribution is 0.102. The Hall–Kier alpha value is -2.94. The van der Waals surface area contributed by atoms with Gasteiger partial charge in [-0.1, -0.05) is 0 Å². The molecule has 0 fully saturated rings. The third-order valence-corrected chi connectivity index (χ3v) is 2.59. The smallest absolute Gasteiger partial charge is 0.258 e. The van der Waals surface area contributed by atoms with Crippen LogP contribution in [0.15, 0.2) is 36.4 Å². The maximum atomic E-state index is 13.5. The minimum Gasteiger partial charge on any atom is -0.399 e. The molecular weight excluding hydrogens is 264 g/mol. The second-order valence-electron chi connectivity index (χ2n) is 4.00. The number of carbonyl (C=O) groups excluding carboxylic acids is 1. The van der Waals surface area contributed by atoms with Gasteiger partial charge in [-0.2, -0.15) is 5.26 Å². The van der Waals surface area contributed by atoms with Crippen molar-refractivity contribution >= 4 is 17.3 Å². The number of benzene rings is 2. The van der Waals surface area contributed by atoms with Crippen LogP contribution in [0.5, 0.6) is 0 Å². The van der Waals surface area contributed by atoms with Crippen molar-refractivity contribution in [2.24, 2.45) is 0 Å². The summed E-state index contributed by atoms with van der Waals surface area (Å²) in [6, 6.07) is 8.62. The molecule has 0 unspecified atom stereocenters. The molecule has 0 saturated carbocycles. The van der Waals surface area contributed by atoms with Crippen LogP contribution in [0.25, 0.3) is 0 Å². The van der Waals surface area contributed by atoms with Gasteiger partial charge in [-0.25, -0.2) is 8.78 Å². The van der Waals surface area contributed by atoms with Crippen LogP contribution < -0.4 is 11.1 Å². The monoisotopic (exact) mass is 273 g/mol. The number of nitriles is 1. The fourth-order valence-corrected chi connectivity index (χ4v) is 1.62. The Labute approximate surface area is 113 Å². The third kappa shape index (κ3) is 2.72. The molecule has 0 aliphatic carbocycles. The molecule has 3 N–H and O–H groups in total. The number of hydrogen-bond donors (Lipinski definition) is 2. The van der Waals surface area contributed by atoms with Gasteiger partial charge in [-0.05, 0) is 36.4 Å². The summed E-state index contributed by atoms with van der Waals surface area (Å²) in [4.78, 5) is 11.9. The summed E-state index contributed by atoms with van der Waals surface area (Å²) in [5.41, 5.74) is 5.51. The molecule has 4 nitrogen and oxygen atoms in total. The zero-order chi connectivity index (χ0) is 14.7. The van der Waals surface area contributed by atoms with E-state index in [-0.39, 0.29) is 22.5 Å². The first-order valence-corrected chi connectivity index (χ1v) is 5.57. The van der Waals surface area contributed by atoms with Crippen molar-refractivity contribution < 1.29 is 13.6 Å². The molecule has 0 aliphatic heterocycles. The minimum absolute atomic E-state index is 0.0531. The second kappa shape index (κ2) is 5.36. The number of nitrogen functional groups attached to an aromatic ring is 1. The molecule has 0 spiro atoms. The lowest BCUT2D eigenvalue weighted by atomic mass is 10.1. The van der Waals surface area contributed by atoms with Crippen molar-refractivity contribution in [3.63, 3.8) is 0 Å². The quantitative estimate of drug-likeness (QED) is 0.825. The number of nitrogens with zero attached hydrogens (tertiary/aromatic N) is 1. The van der Waals surface area contributed by atoms with Crippen LogP contribution in [0.1, 0.15) is 15.9 Å². The fraction of sp³-hybridized carbons (Fsp3) is 0. The molecule has 0 heterocycles. The normalized spacial score (nSPS) is 9.85. The summed E-state index contributed by atoms with van der Waals surface area (Å²) >= 11 is 0. The van der Waals surface area contributed by atoms with Crippen molar-refractivity contribution in [3.05, 3.63) is 59.2 Å².